The molecule has 1 heterocycles. The number of anilines is 1. The third-order valence-electron chi connectivity index (χ3n) is 3.81. The number of hydrogen-bond donors (Lipinski definition) is 1. The lowest BCUT2D eigenvalue weighted by Gasteiger charge is -2.24. The van der Waals surface area contributed by atoms with E-state index in [1.165, 1.54) is 30.3 Å². The van der Waals surface area contributed by atoms with Crippen LogP contribution in [0.15, 0.2) is 54.5 Å². The van der Waals surface area contributed by atoms with E-state index in [0.29, 0.717) is 23.9 Å². The van der Waals surface area contributed by atoms with Crippen LogP contribution in [0.5, 0.6) is 5.75 Å². The second-order valence-electron chi connectivity index (χ2n) is 6.17. The molecule has 0 spiro atoms. The molecule has 0 saturated carbocycles. The van der Waals surface area contributed by atoms with Crippen molar-refractivity contribution >= 4 is 11.4 Å². The van der Waals surface area contributed by atoms with Crippen LogP contribution in [0.1, 0.15) is 25.3 Å². The van der Waals surface area contributed by atoms with Crippen LogP contribution in [-0.2, 0) is 0 Å². The maximum Gasteiger partial charge on any atom is 0.573 e. The molecule has 0 bridgehead atoms. The molecule has 2 aromatic rings. The molecule has 0 atom stereocenters. The minimum atomic E-state index is -4.98. The summed E-state index contributed by atoms with van der Waals surface area (Å²) in [5.74, 6) is -2.27. The van der Waals surface area contributed by atoms with Gasteiger partial charge in [-0.15, -0.1) is 13.2 Å². The van der Waals surface area contributed by atoms with Crippen molar-refractivity contribution in [3.05, 3.63) is 71.7 Å². The van der Waals surface area contributed by atoms with Crippen molar-refractivity contribution in [2.75, 3.05) is 11.9 Å². The first-order valence-electron chi connectivity index (χ1n) is 8.67. The Hall–Kier alpha value is -3.10. The quantitative estimate of drug-likeness (QED) is 0.489. The number of pyridine rings is 1. The van der Waals surface area contributed by atoms with Crippen LogP contribution < -0.4 is 15.4 Å². The average molecular weight is 413 g/mol. The summed E-state index contributed by atoms with van der Waals surface area (Å²) in [5, 5.41) is 0. The second kappa shape index (κ2) is 9.40. The number of allylic oxidation sites excluding steroid dienone is 2. The zero-order chi connectivity index (χ0) is 21.6. The smallest absolute Gasteiger partial charge is 0.406 e. The molecule has 0 amide bonds. The summed E-state index contributed by atoms with van der Waals surface area (Å²) in [4.78, 5) is 5.20. The molecule has 156 valence electrons. The lowest BCUT2D eigenvalue weighted by atomic mass is 10.1. The Morgan fingerprint density at radius 1 is 1.14 bits per heavy atom. The van der Waals surface area contributed by atoms with Crippen molar-refractivity contribution in [3.63, 3.8) is 0 Å². The number of rotatable bonds is 7. The fourth-order valence-electron chi connectivity index (χ4n) is 2.53. The van der Waals surface area contributed by atoms with E-state index in [2.05, 4.69) is 9.72 Å². The van der Waals surface area contributed by atoms with Gasteiger partial charge in [0.05, 0.1) is 23.8 Å². The van der Waals surface area contributed by atoms with Gasteiger partial charge in [-0.2, -0.15) is 0 Å². The summed E-state index contributed by atoms with van der Waals surface area (Å²) in [7, 11) is 1.53. The van der Waals surface area contributed by atoms with Crippen molar-refractivity contribution in [1.29, 1.82) is 0 Å². The van der Waals surface area contributed by atoms with Crippen molar-refractivity contribution in [1.82, 2.24) is 4.98 Å². The standard InChI is InChI=1S/C20H20F5N3O/c1-3-4-5-16(26)10-19(28(2)17-8-15(22)11-27-12-17)13-6-14(21)9-18(7-13)29-20(23,24)25/h5-12H,3-4,26H2,1-2H3/b16-5-,19-10-. The number of halogens is 5. The van der Waals surface area contributed by atoms with Gasteiger partial charge in [0.25, 0.3) is 0 Å². The summed E-state index contributed by atoms with van der Waals surface area (Å²) in [6, 6.07) is 3.86. The van der Waals surface area contributed by atoms with Gasteiger partial charge in [-0.3, -0.25) is 4.98 Å². The van der Waals surface area contributed by atoms with Crippen molar-refractivity contribution in [3.8, 4) is 5.75 Å². The van der Waals surface area contributed by atoms with Crippen LogP contribution in [0.3, 0.4) is 0 Å². The van der Waals surface area contributed by atoms with Crippen LogP contribution in [-0.4, -0.2) is 18.4 Å². The summed E-state index contributed by atoms with van der Waals surface area (Å²) < 4.78 is 69.2. The van der Waals surface area contributed by atoms with E-state index in [1.54, 1.807) is 6.08 Å². The van der Waals surface area contributed by atoms with E-state index in [0.717, 1.165) is 24.8 Å². The average Bonchev–Trinajstić information content (AvgIpc) is 2.62. The predicted octanol–water partition coefficient (Wildman–Crippen LogP) is 5.38. The van der Waals surface area contributed by atoms with E-state index in [-0.39, 0.29) is 11.3 Å². The van der Waals surface area contributed by atoms with Crippen molar-refractivity contribution < 1.29 is 26.7 Å². The second-order valence-corrected chi connectivity index (χ2v) is 6.17. The molecule has 2 rings (SSSR count). The number of aromatic nitrogens is 1. The van der Waals surface area contributed by atoms with Gasteiger partial charge in [0.2, 0.25) is 0 Å². The lowest BCUT2D eigenvalue weighted by Crippen LogP contribution is -2.19. The molecule has 0 radical (unpaired) electrons. The number of nitrogens with two attached hydrogens (primary N) is 1. The van der Waals surface area contributed by atoms with E-state index < -0.39 is 23.7 Å². The molecule has 0 aliphatic carbocycles. The van der Waals surface area contributed by atoms with Gasteiger partial charge in [-0.25, -0.2) is 8.78 Å². The topological polar surface area (TPSA) is 51.4 Å². The number of alkyl halides is 3. The highest BCUT2D eigenvalue weighted by atomic mass is 19.4. The van der Waals surface area contributed by atoms with Gasteiger partial charge < -0.3 is 15.4 Å². The zero-order valence-electron chi connectivity index (χ0n) is 15.8. The first kappa shape index (κ1) is 22.2. The first-order valence-corrected chi connectivity index (χ1v) is 8.67. The number of ether oxygens (including phenoxy) is 1. The van der Waals surface area contributed by atoms with E-state index in [4.69, 9.17) is 5.73 Å². The lowest BCUT2D eigenvalue weighted by molar-refractivity contribution is -0.274. The fourth-order valence-corrected chi connectivity index (χ4v) is 2.53. The molecular weight excluding hydrogens is 393 g/mol. The van der Waals surface area contributed by atoms with Crippen LogP contribution in [0.25, 0.3) is 5.70 Å². The Bertz CT molecular complexity index is 909. The Balaban J connectivity index is 2.57. The molecule has 0 aliphatic rings. The molecule has 4 nitrogen and oxygen atoms in total. The highest BCUT2D eigenvalue weighted by Gasteiger charge is 2.31. The minimum Gasteiger partial charge on any atom is -0.406 e. The molecule has 2 N–H and O–H groups in total. The molecule has 29 heavy (non-hydrogen) atoms. The number of hydrogen-bond acceptors (Lipinski definition) is 4. The van der Waals surface area contributed by atoms with E-state index in [9.17, 15) is 22.0 Å². The highest BCUT2D eigenvalue weighted by molar-refractivity contribution is 5.80. The largest absolute Gasteiger partial charge is 0.573 e. The first-order chi connectivity index (χ1) is 13.6. The fraction of sp³-hybridized carbons (Fsp3) is 0.250. The van der Waals surface area contributed by atoms with Crippen LogP contribution in [0.4, 0.5) is 27.6 Å². The molecule has 9 heteroatoms. The molecule has 1 aromatic carbocycles. The van der Waals surface area contributed by atoms with Crippen LogP contribution in [0.2, 0.25) is 0 Å². The number of unbranched alkanes of at least 4 members (excludes halogenated alkanes) is 1. The highest BCUT2D eigenvalue weighted by Crippen LogP contribution is 2.31. The van der Waals surface area contributed by atoms with Crippen molar-refractivity contribution in [2.24, 2.45) is 5.73 Å². The van der Waals surface area contributed by atoms with Gasteiger partial charge in [-0.1, -0.05) is 19.4 Å². The third-order valence-corrected chi connectivity index (χ3v) is 3.81. The monoisotopic (exact) mass is 413 g/mol. The molecule has 0 saturated heterocycles. The number of nitrogens with zero attached hydrogens (tertiary/aromatic N) is 2. The Morgan fingerprint density at radius 3 is 2.48 bits per heavy atom. The molecule has 0 fully saturated rings. The van der Waals surface area contributed by atoms with E-state index >= 15 is 0 Å². The summed E-state index contributed by atoms with van der Waals surface area (Å²) in [6.07, 6.45) is 2.08. The maximum absolute atomic E-state index is 14.0. The zero-order valence-corrected chi connectivity index (χ0v) is 15.8. The van der Waals surface area contributed by atoms with Gasteiger partial charge in [0.1, 0.15) is 17.4 Å². The van der Waals surface area contributed by atoms with Crippen LogP contribution >= 0.6 is 0 Å². The summed E-state index contributed by atoms with van der Waals surface area (Å²) in [6.45, 7) is 1.95. The summed E-state index contributed by atoms with van der Waals surface area (Å²) >= 11 is 0. The Morgan fingerprint density at radius 2 is 1.86 bits per heavy atom. The number of benzene rings is 1. The van der Waals surface area contributed by atoms with Gasteiger partial charge in [0.15, 0.2) is 0 Å². The molecular formula is C20H20F5N3O. The Labute approximate surface area is 165 Å². The van der Waals surface area contributed by atoms with Crippen molar-refractivity contribution in [2.45, 2.75) is 26.1 Å². The normalized spacial score (nSPS) is 12.8. The molecule has 1 aromatic heterocycles. The minimum absolute atomic E-state index is 0.0591. The molecule has 0 aliphatic heterocycles. The Kier molecular flexibility index (Phi) is 7.19. The molecule has 0 unspecified atom stereocenters. The van der Waals surface area contributed by atoms with Gasteiger partial charge >= 0.3 is 6.36 Å². The van der Waals surface area contributed by atoms with E-state index in [1.807, 2.05) is 6.92 Å². The third kappa shape index (κ3) is 6.78. The van der Waals surface area contributed by atoms with Gasteiger partial charge in [0, 0.05) is 30.4 Å². The van der Waals surface area contributed by atoms with Crippen LogP contribution in [0, 0.1) is 11.6 Å². The SMILES string of the molecule is CCC/C=C(N)/C=C(/c1cc(F)cc(OC(F)(F)F)c1)N(C)c1cncc(F)c1. The summed E-state index contributed by atoms with van der Waals surface area (Å²) in [5.41, 5.74) is 6.89. The predicted molar refractivity (Wildman–Crippen MR) is 101 cm³/mol. The maximum atomic E-state index is 14.0. The van der Waals surface area contributed by atoms with Gasteiger partial charge in [-0.05, 0) is 24.6 Å².